The van der Waals surface area contributed by atoms with Crippen LogP contribution in [0.25, 0.3) is 0 Å². The lowest BCUT2D eigenvalue weighted by Crippen LogP contribution is -2.32. The van der Waals surface area contributed by atoms with E-state index >= 15 is 0 Å². The minimum absolute atomic E-state index is 0.234. The lowest BCUT2D eigenvalue weighted by Gasteiger charge is -2.20. The minimum Gasteiger partial charge on any atom is -0.314 e. The Balaban J connectivity index is 2.93. The first-order valence-corrected chi connectivity index (χ1v) is 6.91. The summed E-state index contributed by atoms with van der Waals surface area (Å²) in [6.45, 7) is 9.27. The first kappa shape index (κ1) is 15.6. The zero-order valence-corrected chi connectivity index (χ0v) is 12.3. The maximum atomic E-state index is 11.1. The molecular formula is C15H24N2O2. The van der Waals surface area contributed by atoms with E-state index in [-0.39, 0.29) is 10.6 Å². The Morgan fingerprint density at radius 3 is 2.58 bits per heavy atom. The number of nitrogens with one attached hydrogen (secondary N) is 1. The monoisotopic (exact) mass is 264 g/mol. The van der Waals surface area contributed by atoms with Crippen LogP contribution in [0.15, 0.2) is 18.2 Å². The molecule has 0 aliphatic carbocycles. The van der Waals surface area contributed by atoms with Crippen LogP contribution in [0, 0.1) is 23.0 Å². The van der Waals surface area contributed by atoms with Gasteiger partial charge in [0.25, 0.3) is 5.69 Å². The van der Waals surface area contributed by atoms with E-state index in [1.54, 1.807) is 12.1 Å². The average molecular weight is 264 g/mol. The number of hydrogen-bond acceptors (Lipinski definition) is 3. The molecule has 4 heteroatoms. The maximum absolute atomic E-state index is 11.1. The summed E-state index contributed by atoms with van der Waals surface area (Å²) in [5.41, 5.74) is 2.13. The molecule has 106 valence electrons. The summed E-state index contributed by atoms with van der Waals surface area (Å²) in [7, 11) is 0. The number of nitrogens with zero attached hydrogens (tertiary/aromatic N) is 1. The van der Waals surface area contributed by atoms with Crippen LogP contribution in [0.3, 0.4) is 0 Å². The SMILES string of the molecule is CCNC(Cc1cc(C)ccc1[N+](=O)[O-])CC(C)C. The largest absolute Gasteiger partial charge is 0.314 e. The van der Waals surface area contributed by atoms with E-state index in [1.807, 2.05) is 13.0 Å². The summed E-state index contributed by atoms with van der Waals surface area (Å²) < 4.78 is 0. The molecule has 0 aromatic heterocycles. The highest BCUT2D eigenvalue weighted by atomic mass is 16.6. The number of nitro benzene ring substituents is 1. The first-order valence-electron chi connectivity index (χ1n) is 6.91. The van der Waals surface area contributed by atoms with Crippen LogP contribution >= 0.6 is 0 Å². The zero-order valence-electron chi connectivity index (χ0n) is 12.3. The van der Waals surface area contributed by atoms with Gasteiger partial charge in [-0.05, 0) is 38.3 Å². The standard InChI is InChI=1S/C15H24N2O2/c1-5-16-14(8-11(2)3)10-13-9-12(4)6-7-15(13)17(18)19/h6-7,9,11,14,16H,5,8,10H2,1-4H3. The van der Waals surface area contributed by atoms with Gasteiger partial charge in [-0.15, -0.1) is 0 Å². The van der Waals surface area contributed by atoms with Crippen LogP contribution in [0.4, 0.5) is 5.69 Å². The van der Waals surface area contributed by atoms with Crippen molar-refractivity contribution >= 4 is 5.69 Å². The molecule has 0 heterocycles. The van der Waals surface area contributed by atoms with Crippen molar-refractivity contribution in [1.29, 1.82) is 0 Å². The zero-order chi connectivity index (χ0) is 14.4. The Morgan fingerprint density at radius 1 is 1.37 bits per heavy atom. The molecule has 1 rings (SSSR count). The third kappa shape index (κ3) is 4.99. The Kier molecular flexibility index (Phi) is 5.96. The number of aryl methyl sites for hydroxylation is 1. The summed E-state index contributed by atoms with van der Waals surface area (Å²) in [4.78, 5) is 10.8. The molecule has 0 fully saturated rings. The highest BCUT2D eigenvalue weighted by Crippen LogP contribution is 2.22. The van der Waals surface area contributed by atoms with Gasteiger partial charge in [0.15, 0.2) is 0 Å². The van der Waals surface area contributed by atoms with Crippen LogP contribution in [0.5, 0.6) is 0 Å². The number of nitro groups is 1. The Hall–Kier alpha value is -1.42. The van der Waals surface area contributed by atoms with E-state index < -0.39 is 0 Å². The Labute approximate surface area is 115 Å². The van der Waals surface area contributed by atoms with Crippen LogP contribution in [0.2, 0.25) is 0 Å². The van der Waals surface area contributed by atoms with Crippen molar-refractivity contribution < 1.29 is 4.92 Å². The molecule has 4 nitrogen and oxygen atoms in total. The lowest BCUT2D eigenvalue weighted by molar-refractivity contribution is -0.385. The van der Waals surface area contributed by atoms with Crippen molar-refractivity contribution in [3.63, 3.8) is 0 Å². The summed E-state index contributed by atoms with van der Waals surface area (Å²) in [6, 6.07) is 5.64. The van der Waals surface area contributed by atoms with Crippen LogP contribution in [-0.2, 0) is 6.42 Å². The Morgan fingerprint density at radius 2 is 2.05 bits per heavy atom. The molecule has 0 saturated carbocycles. The van der Waals surface area contributed by atoms with Crippen molar-refractivity contribution in [3.05, 3.63) is 39.4 Å². The number of hydrogen-bond donors (Lipinski definition) is 1. The summed E-state index contributed by atoms with van der Waals surface area (Å²) in [5, 5.41) is 14.5. The van der Waals surface area contributed by atoms with Gasteiger partial charge in [0, 0.05) is 17.7 Å². The van der Waals surface area contributed by atoms with E-state index in [9.17, 15) is 10.1 Å². The third-order valence-electron chi connectivity index (χ3n) is 3.15. The van der Waals surface area contributed by atoms with E-state index in [1.165, 1.54) is 0 Å². The molecule has 0 bridgehead atoms. The third-order valence-corrected chi connectivity index (χ3v) is 3.15. The smallest absolute Gasteiger partial charge is 0.272 e. The molecule has 1 unspecified atom stereocenters. The normalized spacial score (nSPS) is 12.7. The van der Waals surface area contributed by atoms with E-state index in [0.717, 1.165) is 24.1 Å². The van der Waals surface area contributed by atoms with Crippen molar-refractivity contribution in [2.45, 2.75) is 46.6 Å². The quantitative estimate of drug-likeness (QED) is 0.606. The van der Waals surface area contributed by atoms with Gasteiger partial charge in [0.2, 0.25) is 0 Å². The van der Waals surface area contributed by atoms with Gasteiger partial charge in [0.05, 0.1) is 4.92 Å². The molecule has 1 aromatic carbocycles. The van der Waals surface area contributed by atoms with Gasteiger partial charge in [0.1, 0.15) is 0 Å². The van der Waals surface area contributed by atoms with Crippen LogP contribution < -0.4 is 5.32 Å². The molecular weight excluding hydrogens is 240 g/mol. The van der Waals surface area contributed by atoms with Crippen molar-refractivity contribution in [1.82, 2.24) is 5.32 Å². The van der Waals surface area contributed by atoms with Crippen molar-refractivity contribution in [3.8, 4) is 0 Å². The van der Waals surface area contributed by atoms with Gasteiger partial charge in [-0.2, -0.15) is 0 Å². The maximum Gasteiger partial charge on any atom is 0.272 e. The number of benzene rings is 1. The molecule has 1 N–H and O–H groups in total. The van der Waals surface area contributed by atoms with Crippen LogP contribution in [0.1, 0.15) is 38.3 Å². The molecule has 0 amide bonds. The fraction of sp³-hybridized carbons (Fsp3) is 0.600. The van der Waals surface area contributed by atoms with E-state index in [0.29, 0.717) is 18.4 Å². The molecule has 1 aromatic rings. The van der Waals surface area contributed by atoms with E-state index in [2.05, 4.69) is 26.1 Å². The van der Waals surface area contributed by atoms with Crippen molar-refractivity contribution in [2.24, 2.45) is 5.92 Å². The van der Waals surface area contributed by atoms with Gasteiger partial charge >= 0.3 is 0 Å². The van der Waals surface area contributed by atoms with Crippen molar-refractivity contribution in [2.75, 3.05) is 6.54 Å². The number of likely N-dealkylation sites (N-methyl/N-ethyl adjacent to an activating group) is 1. The lowest BCUT2D eigenvalue weighted by atomic mass is 9.95. The highest BCUT2D eigenvalue weighted by molar-refractivity contribution is 5.43. The average Bonchev–Trinajstić information content (AvgIpc) is 2.27. The second kappa shape index (κ2) is 7.24. The topological polar surface area (TPSA) is 55.2 Å². The Bertz CT molecular complexity index is 430. The summed E-state index contributed by atoms with van der Waals surface area (Å²) in [6.07, 6.45) is 1.74. The highest BCUT2D eigenvalue weighted by Gasteiger charge is 2.18. The predicted molar refractivity (Wildman–Crippen MR) is 78.5 cm³/mol. The van der Waals surface area contributed by atoms with Gasteiger partial charge in [-0.25, -0.2) is 0 Å². The molecule has 19 heavy (non-hydrogen) atoms. The van der Waals surface area contributed by atoms with E-state index in [4.69, 9.17) is 0 Å². The van der Waals surface area contributed by atoms with Gasteiger partial charge in [-0.1, -0.05) is 32.4 Å². The summed E-state index contributed by atoms with van der Waals surface area (Å²) >= 11 is 0. The molecule has 0 saturated heterocycles. The molecule has 0 radical (unpaired) electrons. The fourth-order valence-corrected chi connectivity index (χ4v) is 2.42. The number of rotatable bonds is 7. The second-order valence-corrected chi connectivity index (χ2v) is 5.48. The molecule has 1 atom stereocenters. The molecule has 0 aliphatic rings. The minimum atomic E-state index is -0.285. The molecule has 0 aliphatic heterocycles. The van der Waals surface area contributed by atoms with Gasteiger partial charge < -0.3 is 5.32 Å². The molecule has 0 spiro atoms. The summed E-state index contributed by atoms with van der Waals surface area (Å²) in [5.74, 6) is 0.577. The fourth-order valence-electron chi connectivity index (χ4n) is 2.42. The predicted octanol–water partition coefficient (Wildman–Crippen LogP) is 3.47. The first-order chi connectivity index (χ1) is 8.93. The van der Waals surface area contributed by atoms with Gasteiger partial charge in [-0.3, -0.25) is 10.1 Å². The van der Waals surface area contributed by atoms with Crippen LogP contribution in [-0.4, -0.2) is 17.5 Å². The second-order valence-electron chi connectivity index (χ2n) is 5.48.